The van der Waals surface area contributed by atoms with E-state index in [1.54, 1.807) is 10.8 Å². The van der Waals surface area contributed by atoms with Crippen molar-refractivity contribution in [3.63, 3.8) is 0 Å². The summed E-state index contributed by atoms with van der Waals surface area (Å²) in [5, 5.41) is 3.73. The fourth-order valence-corrected chi connectivity index (χ4v) is 5.43. The van der Waals surface area contributed by atoms with Gasteiger partial charge in [-0.3, -0.25) is 0 Å². The van der Waals surface area contributed by atoms with Gasteiger partial charge < -0.3 is 4.98 Å². The average molecular weight is 474 g/mol. The Kier molecular flexibility index (Phi) is 5.08. The van der Waals surface area contributed by atoms with Crippen LogP contribution in [-0.4, -0.2) is 29.4 Å². The zero-order valence-electron chi connectivity index (χ0n) is 15.4. The van der Waals surface area contributed by atoms with Crippen molar-refractivity contribution >= 4 is 49.4 Å². The highest BCUT2D eigenvalue weighted by Gasteiger charge is 2.49. The van der Waals surface area contributed by atoms with Gasteiger partial charge in [0.25, 0.3) is 0 Å². The van der Waals surface area contributed by atoms with Crippen LogP contribution < -0.4 is 4.72 Å². The van der Waals surface area contributed by atoms with Gasteiger partial charge in [0, 0.05) is 38.6 Å². The van der Waals surface area contributed by atoms with Crippen LogP contribution in [0.25, 0.3) is 27.0 Å². The molecule has 0 spiro atoms. The first kappa shape index (κ1) is 21.1. The smallest absolute Gasteiger partial charge is 0.361 e. The molecule has 0 saturated heterocycles. The lowest BCUT2D eigenvalue weighted by Gasteiger charge is -2.30. The van der Waals surface area contributed by atoms with Crippen LogP contribution >= 0.6 is 22.9 Å². The van der Waals surface area contributed by atoms with Crippen molar-refractivity contribution in [2.75, 3.05) is 0 Å². The van der Waals surface area contributed by atoms with E-state index in [2.05, 4.69) is 9.97 Å². The summed E-state index contributed by atoms with van der Waals surface area (Å²) in [4.78, 5) is 7.78. The number of fused-ring (bicyclic) bond motifs is 1. The molecule has 0 bridgehead atoms. The topological polar surface area (TPSA) is 74.8 Å². The van der Waals surface area contributed by atoms with Crippen molar-refractivity contribution in [1.82, 2.24) is 14.7 Å². The van der Waals surface area contributed by atoms with E-state index >= 15 is 0 Å². The number of rotatable bonds is 4. The van der Waals surface area contributed by atoms with E-state index in [9.17, 15) is 21.6 Å². The SMILES string of the molecule is CC1(NS(=O)(=O)C(F)(F)F)C=C(Cl)C(c2csc(-c3cccc4[nH]ccc34)n2)=CC1. The van der Waals surface area contributed by atoms with Crippen molar-refractivity contribution in [1.29, 1.82) is 0 Å². The van der Waals surface area contributed by atoms with Crippen molar-refractivity contribution in [2.45, 2.75) is 24.4 Å². The summed E-state index contributed by atoms with van der Waals surface area (Å²) >= 11 is 7.73. The summed E-state index contributed by atoms with van der Waals surface area (Å²) in [5.41, 5.74) is -3.85. The van der Waals surface area contributed by atoms with Crippen LogP contribution in [0.5, 0.6) is 0 Å². The second kappa shape index (κ2) is 7.23. The number of benzene rings is 1. The predicted octanol–water partition coefficient (Wildman–Crippen LogP) is 5.40. The number of hydrogen-bond acceptors (Lipinski definition) is 4. The van der Waals surface area contributed by atoms with Gasteiger partial charge >= 0.3 is 15.5 Å². The second-order valence-corrected chi connectivity index (χ2v) is 10.0. The lowest BCUT2D eigenvalue weighted by molar-refractivity contribution is -0.0453. The normalized spacial score (nSPS) is 20.3. The Bertz CT molecular complexity index is 1290. The fraction of sp³-hybridized carbons (Fsp3) is 0.211. The number of nitrogens with zero attached hydrogens (tertiary/aromatic N) is 1. The highest BCUT2D eigenvalue weighted by molar-refractivity contribution is 7.90. The zero-order chi connectivity index (χ0) is 21.7. The Balaban J connectivity index is 1.62. The molecule has 11 heteroatoms. The fourth-order valence-electron chi connectivity index (χ4n) is 3.28. The summed E-state index contributed by atoms with van der Waals surface area (Å²) in [5.74, 6) is 0. The van der Waals surface area contributed by atoms with Crippen molar-refractivity contribution < 1.29 is 21.6 Å². The molecule has 0 amide bonds. The van der Waals surface area contributed by atoms with E-state index in [1.807, 2.05) is 35.8 Å². The minimum absolute atomic E-state index is 0.00584. The van der Waals surface area contributed by atoms with Crippen LogP contribution in [0.3, 0.4) is 0 Å². The molecule has 2 N–H and O–H groups in total. The molecule has 0 saturated carbocycles. The van der Waals surface area contributed by atoms with E-state index in [4.69, 9.17) is 11.6 Å². The van der Waals surface area contributed by atoms with Gasteiger partial charge in [-0.05, 0) is 31.6 Å². The molecular weight excluding hydrogens is 459 g/mol. The highest BCUT2D eigenvalue weighted by Crippen LogP contribution is 2.38. The van der Waals surface area contributed by atoms with Crippen LogP contribution in [0.15, 0.2) is 53.0 Å². The standard InChI is InChI=1S/C19H15ClF3N3O2S2/c1-18(26-30(27,28)19(21,22)23)7-5-13(14(20)9-18)16-10-29-17(25-16)12-3-2-4-15-11(12)6-8-24-15/h2-6,8-10,24,26H,7H2,1H3. The number of sulfonamides is 1. The van der Waals surface area contributed by atoms with Crippen LogP contribution in [0, 0.1) is 0 Å². The summed E-state index contributed by atoms with van der Waals surface area (Å²) in [6, 6.07) is 7.78. The first-order valence-electron chi connectivity index (χ1n) is 8.71. The van der Waals surface area contributed by atoms with Gasteiger partial charge in [-0.25, -0.2) is 13.4 Å². The van der Waals surface area contributed by atoms with Gasteiger partial charge in [0.1, 0.15) is 5.01 Å². The van der Waals surface area contributed by atoms with E-state index in [0.717, 1.165) is 21.5 Å². The van der Waals surface area contributed by atoms with Gasteiger partial charge in [0.05, 0.1) is 11.2 Å². The summed E-state index contributed by atoms with van der Waals surface area (Å²) in [7, 11) is -5.51. The number of H-pyrrole nitrogens is 1. The van der Waals surface area contributed by atoms with Gasteiger partial charge in [-0.2, -0.15) is 17.9 Å². The minimum atomic E-state index is -5.51. The molecule has 2 heterocycles. The Labute approximate surface area is 179 Å². The third-order valence-corrected chi connectivity index (χ3v) is 7.24. The number of allylic oxidation sites excluding steroid dienone is 2. The molecule has 1 unspecified atom stereocenters. The Morgan fingerprint density at radius 1 is 1.30 bits per heavy atom. The molecule has 30 heavy (non-hydrogen) atoms. The number of nitrogens with one attached hydrogen (secondary N) is 2. The van der Waals surface area contributed by atoms with Crippen LogP contribution in [-0.2, 0) is 10.0 Å². The molecule has 0 radical (unpaired) electrons. The Morgan fingerprint density at radius 3 is 2.77 bits per heavy atom. The number of alkyl halides is 3. The maximum atomic E-state index is 12.7. The van der Waals surface area contributed by atoms with E-state index in [-0.39, 0.29) is 11.5 Å². The molecule has 1 aliphatic carbocycles. The van der Waals surface area contributed by atoms with E-state index in [0.29, 0.717) is 11.3 Å². The number of aromatic amines is 1. The van der Waals surface area contributed by atoms with E-state index < -0.39 is 21.1 Å². The Morgan fingerprint density at radius 2 is 2.07 bits per heavy atom. The van der Waals surface area contributed by atoms with Crippen LogP contribution in [0.2, 0.25) is 0 Å². The molecule has 1 aromatic carbocycles. The number of hydrogen-bond donors (Lipinski definition) is 2. The third-order valence-electron chi connectivity index (χ3n) is 4.71. The minimum Gasteiger partial charge on any atom is -0.361 e. The molecule has 4 rings (SSSR count). The molecule has 1 atom stereocenters. The molecule has 158 valence electrons. The molecule has 1 aliphatic rings. The highest BCUT2D eigenvalue weighted by atomic mass is 35.5. The van der Waals surface area contributed by atoms with Gasteiger partial charge in [-0.15, -0.1) is 11.3 Å². The number of thiazole rings is 1. The Hall–Kier alpha value is -2.14. The maximum absolute atomic E-state index is 12.7. The zero-order valence-corrected chi connectivity index (χ0v) is 17.8. The molecule has 2 aromatic heterocycles. The lowest BCUT2D eigenvalue weighted by Crippen LogP contribution is -2.49. The molecule has 3 aromatic rings. The van der Waals surface area contributed by atoms with Crippen molar-refractivity contribution in [3.05, 3.63) is 58.7 Å². The third kappa shape index (κ3) is 3.80. The average Bonchev–Trinajstić information content (AvgIpc) is 3.29. The summed E-state index contributed by atoms with van der Waals surface area (Å²) in [6.45, 7) is 1.34. The molecule has 0 aliphatic heterocycles. The van der Waals surface area contributed by atoms with Crippen LogP contribution in [0.4, 0.5) is 13.2 Å². The maximum Gasteiger partial charge on any atom is 0.511 e. The molecule has 5 nitrogen and oxygen atoms in total. The van der Waals surface area contributed by atoms with Gasteiger partial charge in [-0.1, -0.05) is 29.8 Å². The first-order valence-corrected chi connectivity index (χ1v) is 11.4. The van der Waals surface area contributed by atoms with Crippen molar-refractivity contribution in [2.24, 2.45) is 0 Å². The van der Waals surface area contributed by atoms with Crippen LogP contribution in [0.1, 0.15) is 19.0 Å². The molecule has 0 fully saturated rings. The van der Waals surface area contributed by atoms with Gasteiger partial charge in [0.15, 0.2) is 0 Å². The number of halogens is 4. The summed E-state index contributed by atoms with van der Waals surface area (Å²) < 4.78 is 62.8. The lowest BCUT2D eigenvalue weighted by atomic mass is 9.90. The second-order valence-electron chi connectivity index (χ2n) is 7.07. The largest absolute Gasteiger partial charge is 0.511 e. The predicted molar refractivity (Wildman–Crippen MR) is 112 cm³/mol. The molecular formula is C19H15ClF3N3O2S2. The summed E-state index contributed by atoms with van der Waals surface area (Å²) in [6.07, 6.45) is 4.71. The number of aromatic nitrogens is 2. The van der Waals surface area contributed by atoms with E-state index in [1.165, 1.54) is 24.3 Å². The quantitative estimate of drug-likeness (QED) is 0.532. The first-order chi connectivity index (χ1) is 14.0. The van der Waals surface area contributed by atoms with Crippen molar-refractivity contribution in [3.8, 4) is 10.6 Å². The monoisotopic (exact) mass is 473 g/mol. The van der Waals surface area contributed by atoms with Gasteiger partial charge in [0.2, 0.25) is 0 Å².